The van der Waals surface area contributed by atoms with E-state index in [0.29, 0.717) is 42.6 Å². The molecule has 0 saturated carbocycles. The number of fused-ring (bicyclic) bond motifs is 1. The summed E-state index contributed by atoms with van der Waals surface area (Å²) in [6.07, 6.45) is -1.05. The second-order valence-electron chi connectivity index (χ2n) is 6.50. The highest BCUT2D eigenvalue weighted by Gasteiger charge is 2.37. The third kappa shape index (κ3) is 3.30. The number of rotatable bonds is 2. The number of ether oxygens (including phenoxy) is 2. The molecule has 4 nitrogen and oxygen atoms in total. The highest BCUT2D eigenvalue weighted by molar-refractivity contribution is 6.35. The van der Waals surface area contributed by atoms with E-state index in [1.54, 1.807) is 0 Å². The SMILES string of the molecule is O[C@H]1c2ccccc2OC[C@H]1N1CCO[C@@H](c2cc(F)c(Cl)cc2Cl)C1. The van der Waals surface area contributed by atoms with Crippen molar-refractivity contribution in [2.24, 2.45) is 0 Å². The molecule has 0 unspecified atom stereocenters. The number of aliphatic hydroxyl groups is 1. The van der Waals surface area contributed by atoms with Crippen molar-refractivity contribution in [2.45, 2.75) is 18.2 Å². The van der Waals surface area contributed by atoms with Crippen LogP contribution in [0.5, 0.6) is 5.75 Å². The summed E-state index contributed by atoms with van der Waals surface area (Å²) in [6, 6.07) is 10.0. The Labute approximate surface area is 161 Å². The van der Waals surface area contributed by atoms with E-state index in [0.717, 1.165) is 5.56 Å². The molecule has 0 bridgehead atoms. The monoisotopic (exact) mass is 397 g/mol. The van der Waals surface area contributed by atoms with E-state index in [1.807, 2.05) is 24.3 Å². The Morgan fingerprint density at radius 2 is 1.92 bits per heavy atom. The van der Waals surface area contributed by atoms with E-state index >= 15 is 0 Å². The van der Waals surface area contributed by atoms with E-state index in [2.05, 4.69) is 4.90 Å². The van der Waals surface area contributed by atoms with Crippen molar-refractivity contribution < 1.29 is 19.0 Å². The molecule has 0 aromatic heterocycles. The number of aliphatic hydroxyl groups excluding tert-OH is 1. The normalized spacial score (nSPS) is 26.2. The highest BCUT2D eigenvalue weighted by Crippen LogP contribution is 2.37. The average Bonchev–Trinajstić information content (AvgIpc) is 2.65. The van der Waals surface area contributed by atoms with Crippen LogP contribution in [0, 0.1) is 5.82 Å². The predicted octanol–water partition coefficient (Wildman–Crippen LogP) is 4.00. The van der Waals surface area contributed by atoms with E-state index < -0.39 is 18.0 Å². The molecular formula is C19H18Cl2FNO3. The van der Waals surface area contributed by atoms with Gasteiger partial charge in [0.1, 0.15) is 24.3 Å². The first-order valence-electron chi connectivity index (χ1n) is 8.44. The Morgan fingerprint density at radius 1 is 1.12 bits per heavy atom. The maximum Gasteiger partial charge on any atom is 0.142 e. The second-order valence-corrected chi connectivity index (χ2v) is 7.32. The fourth-order valence-corrected chi connectivity index (χ4v) is 4.08. The van der Waals surface area contributed by atoms with Gasteiger partial charge in [0, 0.05) is 29.2 Å². The van der Waals surface area contributed by atoms with E-state index in [9.17, 15) is 9.50 Å². The summed E-state index contributed by atoms with van der Waals surface area (Å²) in [5.41, 5.74) is 1.34. The van der Waals surface area contributed by atoms with Crippen LogP contribution in [0.1, 0.15) is 23.3 Å². The van der Waals surface area contributed by atoms with Crippen molar-refractivity contribution in [3.8, 4) is 5.75 Å². The van der Waals surface area contributed by atoms with Crippen molar-refractivity contribution in [1.29, 1.82) is 0 Å². The first kappa shape index (κ1) is 18.0. The average molecular weight is 398 g/mol. The van der Waals surface area contributed by atoms with Crippen molar-refractivity contribution in [1.82, 2.24) is 4.90 Å². The van der Waals surface area contributed by atoms with Gasteiger partial charge in [0.15, 0.2) is 0 Å². The molecule has 0 amide bonds. The summed E-state index contributed by atoms with van der Waals surface area (Å²) in [5.74, 6) is 0.186. The molecule has 1 saturated heterocycles. The van der Waals surface area contributed by atoms with Gasteiger partial charge in [0.05, 0.1) is 23.8 Å². The zero-order valence-corrected chi connectivity index (χ0v) is 15.4. The Kier molecular flexibility index (Phi) is 5.08. The number of nitrogens with zero attached hydrogens (tertiary/aromatic N) is 1. The lowest BCUT2D eigenvalue weighted by molar-refractivity contribution is -0.0810. The molecular weight excluding hydrogens is 380 g/mol. The van der Waals surface area contributed by atoms with Gasteiger partial charge in [0.2, 0.25) is 0 Å². The minimum Gasteiger partial charge on any atom is -0.491 e. The van der Waals surface area contributed by atoms with Crippen LogP contribution in [0.3, 0.4) is 0 Å². The van der Waals surface area contributed by atoms with Gasteiger partial charge in [-0.3, -0.25) is 4.90 Å². The molecule has 1 N–H and O–H groups in total. The van der Waals surface area contributed by atoms with Gasteiger partial charge >= 0.3 is 0 Å². The zero-order valence-electron chi connectivity index (χ0n) is 13.9. The topological polar surface area (TPSA) is 41.9 Å². The molecule has 3 atom stereocenters. The fourth-order valence-electron chi connectivity index (χ4n) is 3.58. The van der Waals surface area contributed by atoms with Crippen LogP contribution in [-0.4, -0.2) is 42.4 Å². The Bertz CT molecular complexity index is 819. The van der Waals surface area contributed by atoms with Crippen molar-refractivity contribution in [3.63, 3.8) is 0 Å². The third-order valence-electron chi connectivity index (χ3n) is 4.97. The molecule has 2 aliphatic heterocycles. The third-order valence-corrected chi connectivity index (χ3v) is 5.58. The molecule has 138 valence electrons. The van der Waals surface area contributed by atoms with Crippen LogP contribution < -0.4 is 4.74 Å². The minimum absolute atomic E-state index is 0.0147. The van der Waals surface area contributed by atoms with E-state index in [1.165, 1.54) is 12.1 Å². The van der Waals surface area contributed by atoms with Crippen LogP contribution in [0.4, 0.5) is 4.39 Å². The number of halogens is 3. The van der Waals surface area contributed by atoms with Gasteiger partial charge in [-0.2, -0.15) is 0 Å². The lowest BCUT2D eigenvalue weighted by Crippen LogP contribution is -2.51. The zero-order chi connectivity index (χ0) is 18.3. The Hall–Kier alpha value is -1.37. The van der Waals surface area contributed by atoms with Gasteiger partial charge in [-0.1, -0.05) is 41.4 Å². The van der Waals surface area contributed by atoms with Crippen LogP contribution in [0.15, 0.2) is 36.4 Å². The Morgan fingerprint density at radius 3 is 2.77 bits per heavy atom. The largest absolute Gasteiger partial charge is 0.491 e. The van der Waals surface area contributed by atoms with Gasteiger partial charge < -0.3 is 14.6 Å². The maximum atomic E-state index is 13.9. The summed E-state index contributed by atoms with van der Waals surface area (Å²) in [5, 5.41) is 11.2. The number of morpholine rings is 1. The lowest BCUT2D eigenvalue weighted by Gasteiger charge is -2.42. The van der Waals surface area contributed by atoms with Crippen LogP contribution in [0.25, 0.3) is 0 Å². The molecule has 7 heteroatoms. The lowest BCUT2D eigenvalue weighted by atomic mass is 9.96. The van der Waals surface area contributed by atoms with Gasteiger partial charge in [-0.25, -0.2) is 4.39 Å². The van der Waals surface area contributed by atoms with E-state index in [-0.39, 0.29) is 11.1 Å². The summed E-state index contributed by atoms with van der Waals surface area (Å²) < 4.78 is 25.5. The van der Waals surface area contributed by atoms with E-state index in [4.69, 9.17) is 32.7 Å². The van der Waals surface area contributed by atoms with Crippen molar-refractivity contribution in [3.05, 3.63) is 63.4 Å². The first-order valence-corrected chi connectivity index (χ1v) is 9.20. The standard InChI is InChI=1S/C19H18Cl2FNO3/c20-13-8-14(21)15(22)7-12(13)18-9-23(5-6-25-18)16-10-26-17-4-2-1-3-11(17)19(16)24/h1-4,7-8,16,18-19,24H,5-6,9-10H2/t16-,18-,19+/m1/s1. The quantitative estimate of drug-likeness (QED) is 0.777. The smallest absolute Gasteiger partial charge is 0.142 e. The number of hydrogen-bond donors (Lipinski definition) is 1. The first-order chi connectivity index (χ1) is 12.5. The molecule has 2 aliphatic rings. The molecule has 26 heavy (non-hydrogen) atoms. The Balaban J connectivity index is 1.55. The van der Waals surface area contributed by atoms with Crippen molar-refractivity contribution >= 4 is 23.2 Å². The predicted molar refractivity (Wildman–Crippen MR) is 97.4 cm³/mol. The van der Waals surface area contributed by atoms with Crippen LogP contribution in [0.2, 0.25) is 10.0 Å². The minimum atomic E-state index is -0.656. The van der Waals surface area contributed by atoms with Crippen LogP contribution >= 0.6 is 23.2 Å². The second kappa shape index (κ2) is 7.33. The molecule has 0 spiro atoms. The van der Waals surface area contributed by atoms with Gasteiger partial charge in [-0.15, -0.1) is 0 Å². The van der Waals surface area contributed by atoms with Gasteiger partial charge in [0.25, 0.3) is 0 Å². The van der Waals surface area contributed by atoms with Gasteiger partial charge in [-0.05, 0) is 18.2 Å². The molecule has 4 rings (SSSR count). The number of benzene rings is 2. The highest BCUT2D eigenvalue weighted by atomic mass is 35.5. The number of hydrogen-bond acceptors (Lipinski definition) is 4. The molecule has 1 fully saturated rings. The van der Waals surface area contributed by atoms with Crippen molar-refractivity contribution in [2.75, 3.05) is 26.3 Å². The summed E-state index contributed by atoms with van der Waals surface area (Å²) in [7, 11) is 0. The molecule has 2 heterocycles. The summed E-state index contributed by atoms with van der Waals surface area (Å²) >= 11 is 12.0. The molecule has 0 radical (unpaired) electrons. The molecule has 2 aromatic carbocycles. The summed E-state index contributed by atoms with van der Waals surface area (Å²) in [6.45, 7) is 1.97. The molecule has 2 aromatic rings. The fraction of sp³-hybridized carbons (Fsp3) is 0.368. The molecule has 0 aliphatic carbocycles. The summed E-state index contributed by atoms with van der Waals surface area (Å²) in [4.78, 5) is 2.11. The van der Waals surface area contributed by atoms with Crippen LogP contribution in [-0.2, 0) is 4.74 Å². The number of para-hydroxylation sites is 1. The maximum absolute atomic E-state index is 13.9.